The quantitative estimate of drug-likeness (QED) is 0.105. The largest absolute Gasteiger partial charge is 0.462 e. The molecule has 10 atom stereocenters. The summed E-state index contributed by atoms with van der Waals surface area (Å²) in [6, 6.07) is -1.07. The summed E-state index contributed by atoms with van der Waals surface area (Å²) in [5, 5.41) is 50.1. The zero-order chi connectivity index (χ0) is 33.6. The van der Waals surface area contributed by atoms with E-state index < -0.39 is 84.9 Å². The van der Waals surface area contributed by atoms with Gasteiger partial charge in [-0.1, -0.05) is 0 Å². The molecule has 45 heavy (non-hydrogen) atoms. The number of aliphatic hydroxyl groups excluding tert-OH is 4. The van der Waals surface area contributed by atoms with Crippen molar-refractivity contribution in [1.82, 2.24) is 34.8 Å². The highest BCUT2D eigenvalue weighted by Crippen LogP contribution is 2.30. The lowest BCUT2D eigenvalue weighted by Crippen LogP contribution is -2.63. The standard InChI is InChI=1S/C12H19N5O6.C11H17N5O6/c1-5(14-2)12(21)22-3-6-7(18)8(19)11(23-6)17-4-15-10(16-17)9(13)20;1-4(12)11(20)21-2-5-6(17)7(18)10(22-5)16-3-14-9(15-16)8(13)19/h4-8,11,14,18-19H,3H2,1-2H3,(H2,13,20);3-7,10,17-18H,2,12H2,1H3,(H2,13,19)/p+1/t5-,6+,7+,8+,11+;4-,5+,6+,7+,10+/m00/s1. The maximum atomic E-state index is 11.6. The van der Waals surface area contributed by atoms with Crippen molar-refractivity contribution in [2.24, 2.45) is 11.5 Å². The lowest BCUT2D eigenvalue weighted by molar-refractivity contribution is -0.403. The summed E-state index contributed by atoms with van der Waals surface area (Å²) in [6.07, 6.45) is -6.98. The first-order valence-corrected chi connectivity index (χ1v) is 13.4. The minimum atomic E-state index is -1.33. The zero-order valence-corrected chi connectivity index (χ0v) is 24.4. The van der Waals surface area contributed by atoms with E-state index in [0.717, 1.165) is 22.0 Å². The van der Waals surface area contributed by atoms with Crippen LogP contribution in [0, 0.1) is 0 Å². The second-order valence-corrected chi connectivity index (χ2v) is 10.1. The van der Waals surface area contributed by atoms with E-state index in [2.05, 4.69) is 31.2 Å². The fourth-order valence-electron chi connectivity index (χ4n) is 3.91. The maximum Gasteiger partial charge on any atom is 0.364 e. The Labute approximate surface area is 254 Å². The molecule has 0 saturated carbocycles. The van der Waals surface area contributed by atoms with Crippen molar-refractivity contribution in [3.05, 3.63) is 24.3 Å². The van der Waals surface area contributed by atoms with Crippen LogP contribution in [0.2, 0.25) is 0 Å². The molecule has 2 fully saturated rings. The van der Waals surface area contributed by atoms with Crippen molar-refractivity contribution in [2.45, 2.75) is 75.0 Å². The Bertz CT molecular complexity index is 1340. The predicted molar refractivity (Wildman–Crippen MR) is 142 cm³/mol. The minimum Gasteiger partial charge on any atom is -0.462 e. The Morgan fingerprint density at radius 3 is 1.58 bits per heavy atom. The van der Waals surface area contributed by atoms with Crippen molar-refractivity contribution in [3.63, 3.8) is 0 Å². The third-order valence-corrected chi connectivity index (χ3v) is 6.62. The van der Waals surface area contributed by atoms with Crippen molar-refractivity contribution in [1.29, 1.82) is 0 Å². The van der Waals surface area contributed by atoms with Crippen LogP contribution in [0.3, 0.4) is 0 Å². The number of carbonyl (C=O) groups is 4. The minimum absolute atomic E-state index is 0.239. The molecule has 0 radical (unpaired) electrons. The van der Waals surface area contributed by atoms with Crippen LogP contribution >= 0.6 is 0 Å². The van der Waals surface area contributed by atoms with Crippen molar-refractivity contribution in [3.8, 4) is 0 Å². The van der Waals surface area contributed by atoms with Gasteiger partial charge in [-0.05, 0) is 20.9 Å². The molecule has 2 aromatic rings. The highest BCUT2D eigenvalue weighted by atomic mass is 16.6. The zero-order valence-electron chi connectivity index (χ0n) is 24.4. The number of aliphatic hydroxyl groups is 4. The molecule has 12 N–H and O–H groups in total. The molecule has 0 bridgehead atoms. The molecule has 4 heterocycles. The van der Waals surface area contributed by atoms with Gasteiger partial charge in [-0.3, -0.25) is 14.4 Å². The molecule has 2 aliphatic rings. The molecule has 0 spiro atoms. The van der Waals surface area contributed by atoms with Gasteiger partial charge in [0.1, 0.15) is 68.5 Å². The van der Waals surface area contributed by atoms with E-state index >= 15 is 0 Å². The van der Waals surface area contributed by atoms with Gasteiger partial charge in [0, 0.05) is 0 Å². The highest BCUT2D eigenvalue weighted by molar-refractivity contribution is 5.88. The van der Waals surface area contributed by atoms with E-state index in [9.17, 15) is 39.6 Å². The molecule has 22 nitrogen and oxygen atoms in total. The number of aromatic nitrogens is 6. The first-order valence-electron chi connectivity index (χ1n) is 13.4. The van der Waals surface area contributed by atoms with Crippen LogP contribution in [0.1, 0.15) is 47.5 Å². The normalized spacial score (nSPS) is 28.9. The molecule has 2 aliphatic heterocycles. The van der Waals surface area contributed by atoms with E-state index in [4.69, 9.17) is 30.4 Å². The number of quaternary nitrogens is 1. The number of amides is 2. The van der Waals surface area contributed by atoms with E-state index in [1.165, 1.54) is 0 Å². The lowest BCUT2D eigenvalue weighted by Gasteiger charge is -2.16. The van der Waals surface area contributed by atoms with Gasteiger partial charge in [-0.15, -0.1) is 10.2 Å². The number of esters is 2. The van der Waals surface area contributed by atoms with E-state index in [1.807, 2.05) is 0 Å². The summed E-state index contributed by atoms with van der Waals surface area (Å²) in [6.45, 7) is 2.70. The van der Waals surface area contributed by atoms with Gasteiger partial charge < -0.3 is 61.9 Å². The second kappa shape index (κ2) is 15.2. The second-order valence-electron chi connectivity index (χ2n) is 10.1. The molecule has 4 rings (SSSR count). The van der Waals surface area contributed by atoms with Gasteiger partial charge in [0.2, 0.25) is 11.6 Å². The van der Waals surface area contributed by atoms with Crippen LogP contribution < -0.4 is 22.5 Å². The van der Waals surface area contributed by atoms with Crippen LogP contribution in [0.25, 0.3) is 0 Å². The Balaban J connectivity index is 0.000000246. The first kappa shape index (κ1) is 35.3. The van der Waals surface area contributed by atoms with E-state index in [0.29, 0.717) is 0 Å². The summed E-state index contributed by atoms with van der Waals surface area (Å²) < 4.78 is 22.9. The van der Waals surface area contributed by atoms with Crippen molar-refractivity contribution in [2.75, 3.05) is 20.3 Å². The Morgan fingerprint density at radius 1 is 0.844 bits per heavy atom. The van der Waals surface area contributed by atoms with Crippen LogP contribution in [-0.4, -0.2) is 143 Å². The van der Waals surface area contributed by atoms with Crippen LogP contribution in [0.4, 0.5) is 0 Å². The molecule has 0 aromatic carbocycles. The van der Waals surface area contributed by atoms with Gasteiger partial charge in [0.05, 0.1) is 0 Å². The number of primary amides is 2. The van der Waals surface area contributed by atoms with Crippen LogP contribution in [0.15, 0.2) is 12.7 Å². The molecule has 250 valence electrons. The van der Waals surface area contributed by atoms with Crippen molar-refractivity contribution >= 4 is 23.8 Å². The number of rotatable bonds is 11. The summed E-state index contributed by atoms with van der Waals surface area (Å²) in [5.41, 5.74) is 13.6. The molecular formula is C23H37N10O12+. The highest BCUT2D eigenvalue weighted by Gasteiger charge is 2.46. The average Bonchev–Trinajstić information content (AvgIpc) is 3.79. The van der Waals surface area contributed by atoms with Crippen LogP contribution in [0.5, 0.6) is 0 Å². The first-order chi connectivity index (χ1) is 21.2. The molecular weight excluding hydrogens is 608 g/mol. The number of hydrogen-bond donors (Lipinski definition) is 8. The fourth-order valence-corrected chi connectivity index (χ4v) is 3.91. The maximum absolute atomic E-state index is 11.6. The van der Waals surface area contributed by atoms with Gasteiger partial charge in [-0.2, -0.15) is 0 Å². The Hall–Kier alpha value is -4.16. The number of nitrogens with two attached hydrogens (primary N) is 2. The summed E-state index contributed by atoms with van der Waals surface area (Å²) >= 11 is 0. The third kappa shape index (κ3) is 8.52. The smallest absolute Gasteiger partial charge is 0.364 e. The lowest BCUT2D eigenvalue weighted by atomic mass is 10.1. The molecule has 0 unspecified atom stereocenters. The number of ether oxygens (including phenoxy) is 4. The monoisotopic (exact) mass is 645 g/mol. The number of nitrogens with zero attached hydrogens (tertiary/aromatic N) is 6. The number of carbonyl (C=O) groups excluding carboxylic acids is 4. The summed E-state index contributed by atoms with van der Waals surface area (Å²) in [7, 11) is 1.60. The van der Waals surface area contributed by atoms with Crippen LogP contribution in [-0.2, 0) is 28.5 Å². The Kier molecular flexibility index (Phi) is 11.9. The van der Waals surface area contributed by atoms with Gasteiger partial charge in [-0.25, -0.2) is 24.1 Å². The Morgan fingerprint density at radius 2 is 1.24 bits per heavy atom. The molecule has 2 aromatic heterocycles. The summed E-state index contributed by atoms with van der Waals surface area (Å²) in [5.74, 6) is -3.22. The topological polar surface area (TPSA) is 339 Å². The van der Waals surface area contributed by atoms with E-state index in [-0.39, 0.29) is 24.9 Å². The third-order valence-electron chi connectivity index (χ3n) is 6.62. The predicted octanol–water partition coefficient (Wildman–Crippen LogP) is -6.68. The van der Waals surface area contributed by atoms with E-state index in [1.54, 1.807) is 20.9 Å². The SMILES string of the molecule is CN[C@@H](C)C(=O)OC[C@H]1O[C@@H](n2cnc(C(N)=O)n2)[C@H](O)[C@@H]1O.C[C@H]([NH3+])C(=O)OC[C@H]1O[C@@H](n2cnc(C(N)=O)n2)[C@H](O)[C@@H]1O. The van der Waals surface area contributed by atoms with Gasteiger partial charge >= 0.3 is 11.9 Å². The van der Waals surface area contributed by atoms with Crippen molar-refractivity contribution < 1.29 is 64.3 Å². The summed E-state index contributed by atoms with van der Waals surface area (Å²) in [4.78, 5) is 52.2. The number of likely N-dealkylation sites (N-methyl/N-ethyl adjacent to an activating group) is 1. The molecule has 22 heteroatoms. The fraction of sp³-hybridized carbons (Fsp3) is 0.652. The molecule has 2 amide bonds. The average molecular weight is 646 g/mol. The van der Waals surface area contributed by atoms with Gasteiger partial charge in [0.25, 0.3) is 11.8 Å². The molecule has 2 saturated heterocycles. The number of nitrogens with one attached hydrogen (secondary N) is 1. The number of hydrogen-bond acceptors (Lipinski definition) is 17. The molecule has 0 aliphatic carbocycles. The van der Waals surface area contributed by atoms with Gasteiger partial charge in [0.15, 0.2) is 18.5 Å².